The van der Waals surface area contributed by atoms with Crippen LogP contribution in [0, 0.1) is 0 Å². The highest BCUT2D eigenvalue weighted by molar-refractivity contribution is 7.09. The molecule has 2 heterocycles. The van der Waals surface area contributed by atoms with E-state index in [9.17, 15) is 0 Å². The van der Waals surface area contributed by atoms with Gasteiger partial charge in [-0.15, -0.1) is 11.3 Å². The van der Waals surface area contributed by atoms with Crippen LogP contribution in [0.2, 0.25) is 0 Å². The second-order valence-electron chi connectivity index (χ2n) is 5.77. The van der Waals surface area contributed by atoms with Gasteiger partial charge in [0, 0.05) is 35.8 Å². The summed E-state index contributed by atoms with van der Waals surface area (Å²) in [6, 6.07) is 4.34. The number of hydrogen-bond donors (Lipinski definition) is 1. The lowest BCUT2D eigenvalue weighted by Crippen LogP contribution is -2.18. The van der Waals surface area contributed by atoms with Gasteiger partial charge in [0.2, 0.25) is 0 Å². The Labute approximate surface area is 119 Å². The molecule has 2 aromatic heterocycles. The zero-order valence-corrected chi connectivity index (χ0v) is 12.8. The van der Waals surface area contributed by atoms with Gasteiger partial charge in [0.25, 0.3) is 0 Å². The van der Waals surface area contributed by atoms with Gasteiger partial charge in [-0.25, -0.2) is 4.98 Å². The van der Waals surface area contributed by atoms with Crippen molar-refractivity contribution < 1.29 is 0 Å². The molecule has 2 rings (SSSR count). The summed E-state index contributed by atoms with van der Waals surface area (Å²) in [6.45, 7) is 9.53. The van der Waals surface area contributed by atoms with Crippen LogP contribution in [0.1, 0.15) is 50.0 Å². The second kappa shape index (κ2) is 5.80. The molecule has 0 aliphatic rings. The fraction of sp³-hybridized carbons (Fsp3) is 0.467. The summed E-state index contributed by atoms with van der Waals surface area (Å²) in [5.41, 5.74) is 2.50. The van der Waals surface area contributed by atoms with Crippen LogP contribution in [-0.4, -0.2) is 9.97 Å². The van der Waals surface area contributed by atoms with E-state index in [0.29, 0.717) is 0 Å². The summed E-state index contributed by atoms with van der Waals surface area (Å²) >= 11 is 1.72. The maximum Gasteiger partial charge on any atom is 0.107 e. The first-order valence-corrected chi connectivity index (χ1v) is 7.43. The Kier molecular flexibility index (Phi) is 4.32. The molecule has 3 nitrogen and oxygen atoms in total. The van der Waals surface area contributed by atoms with Gasteiger partial charge in [-0.1, -0.05) is 26.8 Å². The summed E-state index contributed by atoms with van der Waals surface area (Å²) in [5.74, 6) is 0. The molecule has 0 saturated heterocycles. The molecule has 0 aromatic carbocycles. The monoisotopic (exact) mass is 275 g/mol. The Hall–Kier alpha value is -1.26. The predicted molar refractivity (Wildman–Crippen MR) is 80.3 cm³/mol. The SMILES string of the molecule is CC(NCc1nc(C(C)(C)C)cs1)c1cccnc1. The molecule has 19 heavy (non-hydrogen) atoms. The summed E-state index contributed by atoms with van der Waals surface area (Å²) in [5, 5.41) is 6.79. The van der Waals surface area contributed by atoms with Crippen molar-refractivity contribution in [3.05, 3.63) is 46.2 Å². The highest BCUT2D eigenvalue weighted by atomic mass is 32.1. The van der Waals surface area contributed by atoms with Gasteiger partial charge in [-0.05, 0) is 18.6 Å². The normalized spacial score (nSPS) is 13.5. The van der Waals surface area contributed by atoms with Gasteiger partial charge in [0.1, 0.15) is 5.01 Å². The predicted octanol–water partition coefficient (Wildman–Crippen LogP) is 3.69. The maximum atomic E-state index is 4.69. The molecule has 0 aliphatic heterocycles. The van der Waals surface area contributed by atoms with Crippen molar-refractivity contribution in [3.8, 4) is 0 Å². The topological polar surface area (TPSA) is 37.8 Å². The van der Waals surface area contributed by atoms with E-state index in [1.54, 1.807) is 17.5 Å². The Morgan fingerprint density at radius 1 is 1.37 bits per heavy atom. The molecule has 0 bridgehead atoms. The molecule has 4 heteroatoms. The molecule has 0 saturated carbocycles. The van der Waals surface area contributed by atoms with E-state index in [4.69, 9.17) is 0 Å². The molecule has 1 atom stereocenters. The lowest BCUT2D eigenvalue weighted by molar-refractivity contribution is 0.553. The van der Waals surface area contributed by atoms with Gasteiger partial charge in [0.05, 0.1) is 5.69 Å². The average molecular weight is 275 g/mol. The smallest absolute Gasteiger partial charge is 0.107 e. The minimum Gasteiger partial charge on any atom is -0.304 e. The van der Waals surface area contributed by atoms with E-state index >= 15 is 0 Å². The van der Waals surface area contributed by atoms with Crippen LogP contribution in [0.5, 0.6) is 0 Å². The van der Waals surface area contributed by atoms with Gasteiger partial charge < -0.3 is 5.32 Å². The van der Waals surface area contributed by atoms with Crippen LogP contribution in [0.3, 0.4) is 0 Å². The van der Waals surface area contributed by atoms with Crippen LogP contribution in [0.4, 0.5) is 0 Å². The molecular weight excluding hydrogens is 254 g/mol. The zero-order valence-electron chi connectivity index (χ0n) is 12.0. The van der Waals surface area contributed by atoms with Crippen LogP contribution in [0.25, 0.3) is 0 Å². The molecular formula is C15H21N3S. The van der Waals surface area contributed by atoms with Crippen molar-refractivity contribution in [2.24, 2.45) is 0 Å². The summed E-state index contributed by atoms with van der Waals surface area (Å²) in [4.78, 5) is 8.83. The third kappa shape index (κ3) is 3.85. The molecule has 102 valence electrons. The van der Waals surface area contributed by atoms with E-state index in [2.05, 4.69) is 54.4 Å². The van der Waals surface area contributed by atoms with Gasteiger partial charge >= 0.3 is 0 Å². The number of nitrogens with zero attached hydrogens (tertiary/aromatic N) is 2. The van der Waals surface area contributed by atoms with Gasteiger partial charge in [-0.3, -0.25) is 4.98 Å². The van der Waals surface area contributed by atoms with Crippen LogP contribution < -0.4 is 5.32 Å². The lowest BCUT2D eigenvalue weighted by atomic mass is 9.93. The van der Waals surface area contributed by atoms with Gasteiger partial charge in [-0.2, -0.15) is 0 Å². The summed E-state index contributed by atoms with van der Waals surface area (Å²) < 4.78 is 0. The summed E-state index contributed by atoms with van der Waals surface area (Å²) in [7, 11) is 0. The second-order valence-corrected chi connectivity index (χ2v) is 6.71. The van der Waals surface area contributed by atoms with Crippen LogP contribution in [0.15, 0.2) is 29.9 Å². The number of rotatable bonds is 4. The molecule has 0 fully saturated rings. The quantitative estimate of drug-likeness (QED) is 0.925. The Morgan fingerprint density at radius 3 is 2.74 bits per heavy atom. The van der Waals surface area contributed by atoms with E-state index in [1.807, 2.05) is 12.3 Å². The average Bonchev–Trinajstić information content (AvgIpc) is 2.86. The van der Waals surface area contributed by atoms with Crippen molar-refractivity contribution in [1.82, 2.24) is 15.3 Å². The molecule has 1 unspecified atom stereocenters. The minimum absolute atomic E-state index is 0.129. The lowest BCUT2D eigenvalue weighted by Gasteiger charge is -2.15. The van der Waals surface area contributed by atoms with Gasteiger partial charge in [0.15, 0.2) is 0 Å². The van der Waals surface area contributed by atoms with Crippen LogP contribution in [-0.2, 0) is 12.0 Å². The van der Waals surface area contributed by atoms with Crippen molar-refractivity contribution in [3.63, 3.8) is 0 Å². The fourth-order valence-corrected chi connectivity index (χ4v) is 2.70. The van der Waals surface area contributed by atoms with E-state index < -0.39 is 0 Å². The highest BCUT2D eigenvalue weighted by Gasteiger charge is 2.17. The molecule has 0 spiro atoms. The fourth-order valence-electron chi connectivity index (χ4n) is 1.73. The molecule has 0 aliphatic carbocycles. The van der Waals surface area contributed by atoms with Crippen molar-refractivity contribution in [1.29, 1.82) is 0 Å². The number of hydrogen-bond acceptors (Lipinski definition) is 4. The van der Waals surface area contributed by atoms with Crippen LogP contribution >= 0.6 is 11.3 Å². The zero-order chi connectivity index (χ0) is 13.9. The molecule has 0 amide bonds. The van der Waals surface area contributed by atoms with Crippen molar-refractivity contribution in [2.45, 2.75) is 45.7 Å². The minimum atomic E-state index is 0.129. The maximum absolute atomic E-state index is 4.69. The standard InChI is InChI=1S/C15H21N3S/c1-11(12-6-5-7-16-8-12)17-9-14-18-13(10-19-14)15(2,3)4/h5-8,10-11,17H,9H2,1-4H3. The Morgan fingerprint density at radius 2 is 2.16 bits per heavy atom. The Bertz CT molecular complexity index is 514. The van der Waals surface area contributed by atoms with E-state index in [0.717, 1.165) is 11.6 Å². The first-order valence-electron chi connectivity index (χ1n) is 6.55. The number of pyridine rings is 1. The van der Waals surface area contributed by atoms with Crippen molar-refractivity contribution in [2.75, 3.05) is 0 Å². The third-order valence-electron chi connectivity index (χ3n) is 3.06. The Balaban J connectivity index is 1.94. The first kappa shape index (κ1) is 14.2. The first-order chi connectivity index (χ1) is 8.97. The third-order valence-corrected chi connectivity index (χ3v) is 3.91. The van der Waals surface area contributed by atoms with E-state index in [-0.39, 0.29) is 11.5 Å². The summed E-state index contributed by atoms with van der Waals surface area (Å²) in [6.07, 6.45) is 3.70. The number of aromatic nitrogens is 2. The number of nitrogens with one attached hydrogen (secondary N) is 1. The number of thiazole rings is 1. The largest absolute Gasteiger partial charge is 0.304 e. The molecule has 1 N–H and O–H groups in total. The molecule has 0 radical (unpaired) electrons. The highest BCUT2D eigenvalue weighted by Crippen LogP contribution is 2.24. The van der Waals surface area contributed by atoms with E-state index in [1.165, 1.54) is 11.3 Å². The molecule has 2 aromatic rings. The van der Waals surface area contributed by atoms with Crippen molar-refractivity contribution >= 4 is 11.3 Å².